The van der Waals surface area contributed by atoms with Crippen molar-refractivity contribution in [2.45, 2.75) is 161 Å². The third-order valence-corrected chi connectivity index (χ3v) is 12.9. The van der Waals surface area contributed by atoms with Gasteiger partial charge in [-0.25, -0.2) is 0 Å². The molecule has 1 saturated heterocycles. The van der Waals surface area contributed by atoms with Gasteiger partial charge in [-0.05, 0) is 43.6 Å². The van der Waals surface area contributed by atoms with Gasteiger partial charge in [-0.1, -0.05) is 97.9 Å². The van der Waals surface area contributed by atoms with E-state index in [1.165, 1.54) is 77.0 Å². The first kappa shape index (κ1) is 32.5. The van der Waals surface area contributed by atoms with Gasteiger partial charge in [0.15, 0.2) is 6.29 Å². The third kappa shape index (κ3) is 16.8. The Kier molecular flexibility index (Phi) is 16.6. The predicted molar refractivity (Wildman–Crippen MR) is 160 cm³/mol. The summed E-state index contributed by atoms with van der Waals surface area (Å²) in [7, 11) is -2.78. The Morgan fingerprint density at radius 1 is 0.743 bits per heavy atom. The van der Waals surface area contributed by atoms with Crippen molar-refractivity contribution in [3.05, 3.63) is 0 Å². The van der Waals surface area contributed by atoms with E-state index in [1.807, 2.05) is 0 Å². The van der Waals surface area contributed by atoms with Gasteiger partial charge in [0.05, 0.1) is 0 Å². The lowest BCUT2D eigenvalue weighted by atomic mass is 10.1. The van der Waals surface area contributed by atoms with Gasteiger partial charge in [0.25, 0.3) is 0 Å². The number of unbranched alkanes of at least 4 members (excludes halogenated alkanes) is 11. The highest BCUT2D eigenvalue weighted by molar-refractivity contribution is 6.87. The van der Waals surface area contributed by atoms with E-state index >= 15 is 0 Å². The number of ether oxygens (including phenoxy) is 2. The summed E-state index contributed by atoms with van der Waals surface area (Å²) < 4.78 is 11.7. The van der Waals surface area contributed by atoms with Crippen LogP contribution in [0.3, 0.4) is 0 Å². The van der Waals surface area contributed by atoms with Crippen LogP contribution in [-0.2, 0) is 9.47 Å². The molecule has 1 fully saturated rings. The Morgan fingerprint density at radius 3 is 1.74 bits per heavy atom. The van der Waals surface area contributed by atoms with Crippen molar-refractivity contribution in [3.63, 3.8) is 0 Å². The van der Waals surface area contributed by atoms with Crippen LogP contribution < -0.4 is 0 Å². The molecule has 0 N–H and O–H groups in total. The quantitative estimate of drug-likeness (QED) is 0.115. The Balaban J connectivity index is 2.02. The SMILES string of the molecule is CC(C)(CCOC1CCCCO1)[Si](C)(C)C#CCCCCCCCCCCCCC#C[Si](C)(C)C. The molecule has 4 heteroatoms. The second-order valence-corrected chi connectivity index (χ2v) is 22.4. The Bertz CT molecular complexity index is 664. The standard InChI is InChI=1S/C31H58O2Si2/c1-31(2,25-27-33-30-24-20-21-26-32-30)35(6,7)29-23-19-17-15-13-11-9-8-10-12-14-16-18-22-28-34(3,4)5/h30H,8-21,24-27H2,1-7H3. The van der Waals surface area contributed by atoms with E-state index in [2.05, 4.69) is 69.5 Å². The molecule has 1 aliphatic heterocycles. The lowest BCUT2D eigenvalue weighted by Gasteiger charge is -2.36. The Labute approximate surface area is 222 Å². The van der Waals surface area contributed by atoms with Crippen molar-refractivity contribution in [2.75, 3.05) is 13.2 Å². The molecule has 0 saturated carbocycles. The zero-order chi connectivity index (χ0) is 26.0. The summed E-state index contributed by atoms with van der Waals surface area (Å²) in [5.74, 6) is 6.95. The summed E-state index contributed by atoms with van der Waals surface area (Å²) >= 11 is 0. The monoisotopic (exact) mass is 518 g/mol. The maximum Gasteiger partial charge on any atom is 0.157 e. The van der Waals surface area contributed by atoms with Crippen molar-refractivity contribution >= 4 is 16.1 Å². The Hall–Kier alpha value is -0.526. The largest absolute Gasteiger partial charge is 0.353 e. The molecule has 202 valence electrons. The van der Waals surface area contributed by atoms with Crippen molar-refractivity contribution in [2.24, 2.45) is 0 Å². The molecule has 1 aliphatic rings. The summed E-state index contributed by atoms with van der Waals surface area (Å²) in [5, 5.41) is 0.260. The van der Waals surface area contributed by atoms with E-state index in [1.54, 1.807) is 0 Å². The summed E-state index contributed by atoms with van der Waals surface area (Å²) in [4.78, 5) is 0. The van der Waals surface area contributed by atoms with E-state index in [0.717, 1.165) is 38.9 Å². The topological polar surface area (TPSA) is 18.5 Å². The highest BCUT2D eigenvalue weighted by atomic mass is 28.3. The van der Waals surface area contributed by atoms with Gasteiger partial charge >= 0.3 is 0 Å². The average molecular weight is 519 g/mol. The van der Waals surface area contributed by atoms with Gasteiger partial charge in [0.1, 0.15) is 16.1 Å². The Morgan fingerprint density at radius 2 is 1.26 bits per heavy atom. The van der Waals surface area contributed by atoms with E-state index in [9.17, 15) is 0 Å². The molecule has 35 heavy (non-hydrogen) atoms. The molecule has 1 heterocycles. The molecule has 0 aromatic heterocycles. The number of rotatable bonds is 16. The molecule has 0 bridgehead atoms. The van der Waals surface area contributed by atoms with Crippen molar-refractivity contribution in [1.29, 1.82) is 0 Å². The normalized spacial score (nSPS) is 16.8. The highest BCUT2D eigenvalue weighted by Crippen LogP contribution is 2.40. The molecular formula is C31H58O2Si2. The van der Waals surface area contributed by atoms with Gasteiger partial charge < -0.3 is 9.47 Å². The molecule has 0 aromatic carbocycles. The van der Waals surface area contributed by atoms with Crippen LogP contribution in [0.1, 0.15) is 117 Å². The van der Waals surface area contributed by atoms with Crippen LogP contribution in [0.5, 0.6) is 0 Å². The fourth-order valence-electron chi connectivity index (χ4n) is 4.22. The van der Waals surface area contributed by atoms with Crippen molar-refractivity contribution in [3.8, 4) is 22.9 Å². The minimum Gasteiger partial charge on any atom is -0.353 e. The lowest BCUT2D eigenvalue weighted by Crippen LogP contribution is -2.39. The first-order valence-corrected chi connectivity index (χ1v) is 21.3. The summed E-state index contributed by atoms with van der Waals surface area (Å²) in [6, 6.07) is 0. The molecular weight excluding hydrogens is 461 g/mol. The van der Waals surface area contributed by atoms with E-state index in [0.29, 0.717) is 0 Å². The van der Waals surface area contributed by atoms with Crippen molar-refractivity contribution in [1.82, 2.24) is 0 Å². The van der Waals surface area contributed by atoms with Crippen LogP contribution in [0, 0.1) is 22.9 Å². The van der Waals surface area contributed by atoms with Gasteiger partial charge in [-0.3, -0.25) is 0 Å². The van der Waals surface area contributed by atoms with Crippen LogP contribution in [0.25, 0.3) is 0 Å². The van der Waals surface area contributed by atoms with Gasteiger partial charge in [-0.2, -0.15) is 0 Å². The van der Waals surface area contributed by atoms with E-state index < -0.39 is 16.1 Å². The minimum atomic E-state index is -1.62. The summed E-state index contributed by atoms with van der Waals surface area (Å²) in [6.07, 6.45) is 20.4. The zero-order valence-electron chi connectivity index (χ0n) is 24.6. The number of hydrogen-bond acceptors (Lipinski definition) is 2. The highest BCUT2D eigenvalue weighted by Gasteiger charge is 2.38. The van der Waals surface area contributed by atoms with Crippen LogP contribution in [0.15, 0.2) is 0 Å². The zero-order valence-corrected chi connectivity index (χ0v) is 26.6. The van der Waals surface area contributed by atoms with Crippen LogP contribution in [-0.4, -0.2) is 35.7 Å². The van der Waals surface area contributed by atoms with Gasteiger partial charge in [0.2, 0.25) is 0 Å². The smallest absolute Gasteiger partial charge is 0.157 e. The second kappa shape index (κ2) is 17.8. The molecule has 2 nitrogen and oxygen atoms in total. The molecule has 1 rings (SSSR count). The lowest BCUT2D eigenvalue weighted by molar-refractivity contribution is -0.163. The predicted octanol–water partition coefficient (Wildman–Crippen LogP) is 9.51. The van der Waals surface area contributed by atoms with Crippen LogP contribution in [0.4, 0.5) is 0 Å². The van der Waals surface area contributed by atoms with Gasteiger partial charge in [-0.15, -0.1) is 22.9 Å². The van der Waals surface area contributed by atoms with Crippen molar-refractivity contribution < 1.29 is 9.47 Å². The molecule has 0 amide bonds. The molecule has 1 atom stereocenters. The number of hydrogen-bond donors (Lipinski definition) is 0. The maximum absolute atomic E-state index is 6.00. The molecule has 0 spiro atoms. The minimum absolute atomic E-state index is 0.0280. The first-order chi connectivity index (χ1) is 16.5. The molecule has 0 aliphatic carbocycles. The van der Waals surface area contributed by atoms with E-state index in [4.69, 9.17) is 9.47 Å². The van der Waals surface area contributed by atoms with Crippen LogP contribution >= 0.6 is 0 Å². The molecule has 0 radical (unpaired) electrons. The molecule has 0 aromatic rings. The maximum atomic E-state index is 6.00. The molecule has 1 unspecified atom stereocenters. The van der Waals surface area contributed by atoms with Gasteiger partial charge in [0, 0.05) is 26.1 Å². The average Bonchev–Trinajstić information content (AvgIpc) is 2.78. The summed E-state index contributed by atoms with van der Waals surface area (Å²) in [6.45, 7) is 18.3. The summed E-state index contributed by atoms with van der Waals surface area (Å²) in [5.41, 5.74) is 7.20. The third-order valence-electron chi connectivity index (χ3n) is 7.58. The van der Waals surface area contributed by atoms with Crippen LogP contribution in [0.2, 0.25) is 37.8 Å². The van der Waals surface area contributed by atoms with E-state index in [-0.39, 0.29) is 11.3 Å². The first-order valence-electron chi connectivity index (χ1n) is 14.8. The fourth-order valence-corrected chi connectivity index (χ4v) is 6.51. The second-order valence-electron chi connectivity index (χ2n) is 12.8. The fraction of sp³-hybridized carbons (Fsp3) is 0.871.